The van der Waals surface area contributed by atoms with Gasteiger partial charge in [-0.1, -0.05) is 0 Å². The lowest BCUT2D eigenvalue weighted by molar-refractivity contribution is -0.573. The third-order valence-electron chi connectivity index (χ3n) is 4.18. The van der Waals surface area contributed by atoms with Crippen molar-refractivity contribution in [1.82, 2.24) is 10.2 Å². The Kier molecular flexibility index (Phi) is 4.97. The number of carbonyl (C=O) groups excluding carboxylic acids is 2. The fourth-order valence-electron chi connectivity index (χ4n) is 2.86. The van der Waals surface area contributed by atoms with E-state index in [-0.39, 0.29) is 42.9 Å². The molecule has 0 saturated heterocycles. The molecule has 126 valence electrons. The van der Waals surface area contributed by atoms with Crippen molar-refractivity contribution in [1.29, 1.82) is 0 Å². The Labute approximate surface area is 132 Å². The van der Waals surface area contributed by atoms with Gasteiger partial charge in [-0.2, -0.15) is 5.10 Å². The van der Waals surface area contributed by atoms with Gasteiger partial charge in [-0.25, -0.2) is 4.79 Å². The predicted molar refractivity (Wildman–Crippen MR) is 77.5 cm³/mol. The molecular formula is C14H19N3O6. The summed E-state index contributed by atoms with van der Waals surface area (Å²) in [6.45, 7) is 1.93. The standard InChI is InChI=1S/C14H19N3O6/c1-3-23-13(19)12-9-4-6-14(17(20)21,7-5-11(18)22-2)8-10(9)15-16-12/h3-8H2,1-2H3,(H,15,16). The number of hydrogen-bond acceptors (Lipinski definition) is 7. The Hall–Kier alpha value is -2.45. The first-order valence-electron chi connectivity index (χ1n) is 7.38. The van der Waals surface area contributed by atoms with Crippen LogP contribution in [0.5, 0.6) is 0 Å². The van der Waals surface area contributed by atoms with Gasteiger partial charge in [0, 0.05) is 29.0 Å². The number of fused-ring (bicyclic) bond motifs is 1. The van der Waals surface area contributed by atoms with Crippen molar-refractivity contribution in [2.24, 2.45) is 0 Å². The molecule has 0 radical (unpaired) electrons. The van der Waals surface area contributed by atoms with E-state index < -0.39 is 17.5 Å². The second-order valence-corrected chi connectivity index (χ2v) is 5.48. The first-order valence-corrected chi connectivity index (χ1v) is 7.38. The number of ether oxygens (including phenoxy) is 2. The number of rotatable bonds is 6. The maximum absolute atomic E-state index is 11.8. The fourth-order valence-corrected chi connectivity index (χ4v) is 2.86. The SMILES string of the molecule is CCOC(=O)c1n[nH]c2c1CCC(CCC(=O)OC)([N+](=O)[O-])C2. The van der Waals surface area contributed by atoms with E-state index in [4.69, 9.17) is 4.74 Å². The number of nitrogens with one attached hydrogen (secondary N) is 1. The lowest BCUT2D eigenvalue weighted by atomic mass is 9.78. The number of aromatic amines is 1. The molecule has 1 aliphatic carbocycles. The van der Waals surface area contributed by atoms with Crippen LogP contribution in [0, 0.1) is 10.1 Å². The molecule has 0 aromatic carbocycles. The zero-order chi connectivity index (χ0) is 17.0. The molecule has 0 amide bonds. The summed E-state index contributed by atoms with van der Waals surface area (Å²) < 4.78 is 9.48. The molecule has 0 saturated carbocycles. The zero-order valence-corrected chi connectivity index (χ0v) is 13.1. The van der Waals surface area contributed by atoms with Crippen molar-refractivity contribution in [3.8, 4) is 0 Å². The van der Waals surface area contributed by atoms with Crippen LogP contribution in [0.15, 0.2) is 0 Å². The molecule has 1 aromatic rings. The van der Waals surface area contributed by atoms with Crippen LogP contribution in [-0.2, 0) is 27.1 Å². The van der Waals surface area contributed by atoms with Crippen LogP contribution in [0.2, 0.25) is 0 Å². The number of hydrogen-bond donors (Lipinski definition) is 1. The second kappa shape index (κ2) is 6.76. The Balaban J connectivity index is 2.21. The highest BCUT2D eigenvalue weighted by Crippen LogP contribution is 2.35. The maximum atomic E-state index is 11.8. The summed E-state index contributed by atoms with van der Waals surface area (Å²) in [5.74, 6) is -1.01. The largest absolute Gasteiger partial charge is 0.469 e. The summed E-state index contributed by atoms with van der Waals surface area (Å²) in [5, 5.41) is 18.2. The molecule has 23 heavy (non-hydrogen) atoms. The van der Waals surface area contributed by atoms with E-state index in [1.54, 1.807) is 6.92 Å². The monoisotopic (exact) mass is 325 g/mol. The van der Waals surface area contributed by atoms with Crippen LogP contribution in [0.4, 0.5) is 0 Å². The van der Waals surface area contributed by atoms with Gasteiger partial charge in [0.1, 0.15) is 0 Å². The van der Waals surface area contributed by atoms with E-state index in [0.717, 1.165) is 0 Å². The number of nitrogens with zero attached hydrogens (tertiary/aromatic N) is 2. The molecule has 1 aromatic heterocycles. The number of esters is 2. The van der Waals surface area contributed by atoms with Crippen LogP contribution in [-0.4, -0.2) is 46.3 Å². The van der Waals surface area contributed by atoms with Gasteiger partial charge < -0.3 is 9.47 Å². The van der Waals surface area contributed by atoms with Gasteiger partial charge >= 0.3 is 11.9 Å². The van der Waals surface area contributed by atoms with Crippen LogP contribution in [0.3, 0.4) is 0 Å². The van der Waals surface area contributed by atoms with E-state index in [0.29, 0.717) is 17.7 Å². The van der Waals surface area contributed by atoms with E-state index in [1.165, 1.54) is 7.11 Å². The van der Waals surface area contributed by atoms with Crippen molar-refractivity contribution in [3.63, 3.8) is 0 Å². The first kappa shape index (κ1) is 16.9. The molecule has 0 bridgehead atoms. The van der Waals surface area contributed by atoms with Gasteiger partial charge in [-0.05, 0) is 13.3 Å². The van der Waals surface area contributed by atoms with Gasteiger partial charge in [-0.3, -0.25) is 20.0 Å². The number of carbonyl (C=O) groups is 2. The zero-order valence-electron chi connectivity index (χ0n) is 13.1. The van der Waals surface area contributed by atoms with E-state index >= 15 is 0 Å². The van der Waals surface area contributed by atoms with Crippen molar-refractivity contribution in [3.05, 3.63) is 27.1 Å². The van der Waals surface area contributed by atoms with Gasteiger partial charge in [0.15, 0.2) is 5.69 Å². The van der Waals surface area contributed by atoms with E-state index in [9.17, 15) is 19.7 Å². The summed E-state index contributed by atoms with van der Waals surface area (Å²) in [5.41, 5.74) is 0.159. The number of H-pyrrole nitrogens is 1. The molecule has 0 aliphatic heterocycles. The third kappa shape index (κ3) is 3.33. The van der Waals surface area contributed by atoms with Crippen molar-refractivity contribution in [2.45, 2.75) is 44.6 Å². The van der Waals surface area contributed by atoms with Crippen LogP contribution in [0.25, 0.3) is 0 Å². The topological polar surface area (TPSA) is 124 Å². The Bertz CT molecular complexity index is 626. The lowest BCUT2D eigenvalue weighted by Gasteiger charge is -2.28. The minimum absolute atomic E-state index is 0.0221. The van der Waals surface area contributed by atoms with Crippen molar-refractivity contribution in [2.75, 3.05) is 13.7 Å². The highest BCUT2D eigenvalue weighted by molar-refractivity contribution is 5.89. The average molecular weight is 325 g/mol. The number of nitro groups is 1. The smallest absolute Gasteiger partial charge is 0.359 e. The third-order valence-corrected chi connectivity index (χ3v) is 4.18. The second-order valence-electron chi connectivity index (χ2n) is 5.48. The average Bonchev–Trinajstić information content (AvgIpc) is 2.95. The molecule has 2 rings (SSSR count). The molecular weight excluding hydrogens is 306 g/mol. The Morgan fingerprint density at radius 3 is 2.83 bits per heavy atom. The summed E-state index contributed by atoms with van der Waals surface area (Å²) in [4.78, 5) is 34.3. The van der Waals surface area contributed by atoms with Crippen molar-refractivity contribution >= 4 is 11.9 Å². The van der Waals surface area contributed by atoms with E-state index in [2.05, 4.69) is 14.9 Å². The molecule has 0 fully saturated rings. The van der Waals surface area contributed by atoms with Crippen molar-refractivity contribution < 1.29 is 24.0 Å². The Morgan fingerprint density at radius 2 is 2.22 bits per heavy atom. The molecule has 1 heterocycles. The molecule has 1 N–H and O–H groups in total. The molecule has 9 heteroatoms. The van der Waals surface area contributed by atoms with Crippen LogP contribution < -0.4 is 0 Å². The minimum atomic E-state index is -1.25. The minimum Gasteiger partial charge on any atom is -0.469 e. The van der Waals surface area contributed by atoms with E-state index in [1.807, 2.05) is 0 Å². The molecule has 1 aliphatic rings. The molecule has 0 spiro atoms. The summed E-state index contributed by atoms with van der Waals surface area (Å²) >= 11 is 0. The van der Waals surface area contributed by atoms with Gasteiger partial charge in [0.25, 0.3) is 0 Å². The first-order chi connectivity index (χ1) is 10.9. The maximum Gasteiger partial charge on any atom is 0.359 e. The number of methoxy groups -OCH3 is 1. The molecule has 1 unspecified atom stereocenters. The lowest BCUT2D eigenvalue weighted by Crippen LogP contribution is -2.44. The summed E-state index contributed by atoms with van der Waals surface area (Å²) in [7, 11) is 1.25. The van der Waals surface area contributed by atoms with Gasteiger partial charge in [-0.15, -0.1) is 0 Å². The number of aromatic nitrogens is 2. The molecule has 9 nitrogen and oxygen atoms in total. The Morgan fingerprint density at radius 1 is 1.48 bits per heavy atom. The van der Waals surface area contributed by atoms with Gasteiger partial charge in [0.05, 0.1) is 26.6 Å². The fraction of sp³-hybridized carbons (Fsp3) is 0.643. The van der Waals surface area contributed by atoms with Crippen LogP contribution >= 0.6 is 0 Å². The highest BCUT2D eigenvalue weighted by Gasteiger charge is 2.47. The molecule has 1 atom stereocenters. The quantitative estimate of drug-likeness (QED) is 0.470. The predicted octanol–water partition coefficient (Wildman–Crippen LogP) is 1.04. The normalized spacial score (nSPS) is 19.7. The summed E-state index contributed by atoms with van der Waals surface area (Å²) in [6, 6.07) is 0. The summed E-state index contributed by atoms with van der Waals surface area (Å²) in [6.07, 6.45) is 0.725. The van der Waals surface area contributed by atoms with Gasteiger partial charge in [0.2, 0.25) is 5.54 Å². The van der Waals surface area contributed by atoms with Crippen LogP contribution in [0.1, 0.15) is 47.9 Å². The highest BCUT2D eigenvalue weighted by atomic mass is 16.6.